The van der Waals surface area contributed by atoms with Crippen LogP contribution >= 0.6 is 23.2 Å². The summed E-state index contributed by atoms with van der Waals surface area (Å²) in [7, 11) is 2.61. The lowest BCUT2D eigenvalue weighted by molar-refractivity contribution is -0.127. The second kappa shape index (κ2) is 6.46. The molecule has 0 aromatic heterocycles. The molecule has 1 atom stereocenters. The Bertz CT molecular complexity index is 701. The quantitative estimate of drug-likeness (QED) is 0.580. The lowest BCUT2D eigenvalue weighted by atomic mass is 9.95. The molecule has 0 saturated carbocycles. The van der Waals surface area contributed by atoms with E-state index in [0.717, 1.165) is 10.2 Å². The molecule has 0 aliphatic rings. The van der Waals surface area contributed by atoms with Crippen LogP contribution in [-0.2, 0) is 4.79 Å². The fourth-order valence-electron chi connectivity index (χ4n) is 1.70. The maximum Gasteiger partial charge on any atom is 0.236 e. The number of guanidine groups is 1. The fraction of sp³-hybridized carbons (Fsp3) is 0.429. The van der Waals surface area contributed by atoms with E-state index >= 15 is 0 Å². The Labute approximate surface area is 156 Å². The number of hydrogen-bond acceptors (Lipinski definition) is 2. The van der Waals surface area contributed by atoms with Gasteiger partial charge in [-0.05, 0) is 37.9 Å². The minimum absolute atomic E-state index is 0.00878. The molecule has 0 spiro atoms. The number of halogens is 2. The molecule has 1 aromatic rings. The van der Waals surface area contributed by atoms with Gasteiger partial charge in [0, 0.05) is 51.9 Å². The molecule has 2 N–H and O–H groups in total. The number of nitrogens with one attached hydrogen (secondary N) is 2. The van der Waals surface area contributed by atoms with Gasteiger partial charge in [0.05, 0.1) is 7.26 Å². The highest BCUT2D eigenvalue weighted by atomic mass is 35.5. The van der Waals surface area contributed by atoms with Gasteiger partial charge in [0.15, 0.2) is 8.78 Å². The number of hydrogen-bond donors (Lipinski definition) is 2. The van der Waals surface area contributed by atoms with E-state index in [1.54, 1.807) is 13.8 Å². The zero-order valence-corrected chi connectivity index (χ0v) is 13.5. The second-order valence-corrected chi connectivity index (χ2v) is 5.15. The van der Waals surface area contributed by atoms with Crippen LogP contribution in [0.2, 0.25) is 12.9 Å². The first-order valence-electron chi connectivity index (χ1n) is 14.8. The molecule has 1 rings (SSSR count). The van der Waals surface area contributed by atoms with Gasteiger partial charge in [0.25, 0.3) is 0 Å². The Hall–Kier alpha value is -1.26. The number of carbonyl (C=O) groups excluding carboxylic acids is 1. The fourth-order valence-corrected chi connectivity index (χ4v) is 2.50. The van der Waals surface area contributed by atoms with Gasteiger partial charge < -0.3 is 5.31 Å². The molecular weight excluding hydrogens is 297 g/mol. The standard InChI is InChI=1S/C14H19Cl2N3O.7H2/c1-7-6-10(15)11(12(16)8(7)2)9(3)13(20)19(5)14(17)18-4;;;;;;;/h6,9H,1-5H3,(H2,17,18);7*1H/i6D,9D;7*1+1D/hD2. The minimum Gasteiger partial charge on any atom is -0.359 e. The van der Waals surface area contributed by atoms with Crippen molar-refractivity contribution in [2.45, 2.75) is 26.7 Å². The molecule has 0 saturated heterocycles. The van der Waals surface area contributed by atoms with E-state index in [9.17, 15) is 4.79 Å². The maximum absolute atomic E-state index is 12.8. The van der Waals surface area contributed by atoms with Crippen molar-refractivity contribution in [1.29, 1.82) is 5.40 Å². The van der Waals surface area contributed by atoms with E-state index in [2.05, 4.69) is 5.40 Å². The third-order valence-electron chi connectivity index (χ3n) is 3.13. The van der Waals surface area contributed by atoms with Gasteiger partial charge in [-0.25, -0.2) is 0 Å². The molecule has 0 bridgehead atoms. The summed E-state index contributed by atoms with van der Waals surface area (Å²) >= 11 is 12.5. The molecule has 6 heteroatoms. The summed E-state index contributed by atoms with van der Waals surface area (Å²) in [6.45, 7) is 4.68. The topological polar surface area (TPSA) is 56.2 Å². The molecule has 1 amide bonds. The average Bonchev–Trinajstić information content (AvgIpc) is 2.98. The van der Waals surface area contributed by atoms with Gasteiger partial charge >= 0.3 is 0 Å². The molecule has 4 nitrogen and oxygen atoms in total. The monoisotopic (exact) mass is 347 g/mol. The van der Waals surface area contributed by atoms with Crippen molar-refractivity contribution < 1.29 is 31.1 Å². The number of amides is 1. The summed E-state index contributed by atoms with van der Waals surface area (Å²) in [5.74, 6) is -2.97. The van der Waals surface area contributed by atoms with Crippen molar-refractivity contribution in [3.63, 3.8) is 0 Å². The van der Waals surface area contributed by atoms with E-state index in [-0.39, 0.29) is 27.6 Å². The van der Waals surface area contributed by atoms with Crippen molar-refractivity contribution in [3.05, 3.63) is 32.8 Å². The summed E-state index contributed by atoms with van der Waals surface area (Å²) in [4.78, 5) is 13.7. The number of benzene rings is 1. The highest BCUT2D eigenvalue weighted by Gasteiger charge is 2.26. The summed E-state index contributed by atoms with van der Waals surface area (Å²) in [5, 5.41) is 3.96. The van der Waals surface area contributed by atoms with Crippen molar-refractivity contribution in [2.75, 3.05) is 14.1 Å². The van der Waals surface area contributed by atoms with Crippen molar-refractivity contribution in [3.8, 4) is 0 Å². The second-order valence-electron chi connectivity index (χ2n) is 4.39. The van der Waals surface area contributed by atoms with E-state index in [4.69, 9.17) is 49.6 Å². The molecule has 20 heavy (non-hydrogen) atoms. The van der Waals surface area contributed by atoms with Gasteiger partial charge in [-0.1, -0.05) is 23.2 Å². The maximum atomic E-state index is 12.8. The van der Waals surface area contributed by atoms with E-state index in [1.807, 2.05) is 0 Å². The highest BCUT2D eigenvalue weighted by Crippen LogP contribution is 2.36. The molecule has 0 aliphatic heterocycles. The molecule has 0 heterocycles. The van der Waals surface area contributed by atoms with Gasteiger partial charge in [0.1, 0.15) is 0 Å². The summed E-state index contributed by atoms with van der Waals surface area (Å²) in [6, 6.07) is 0.00878. The largest absolute Gasteiger partial charge is 0.359 e. The van der Waals surface area contributed by atoms with Gasteiger partial charge in [-0.3, -0.25) is 15.1 Å². The average molecular weight is 348 g/mol. The molecule has 0 fully saturated rings. The minimum atomic E-state index is -1.93. The molecule has 0 aliphatic carbocycles. The van der Waals surface area contributed by atoms with E-state index in [0.29, 0.717) is 11.1 Å². The smallest absolute Gasteiger partial charge is 0.236 e. The molecular formula is C14H33Cl2N3O. The molecule has 0 radical (unpaired) electrons. The van der Waals surface area contributed by atoms with Crippen molar-refractivity contribution >= 4 is 35.1 Å². The Morgan fingerprint density at radius 1 is 1.75 bits per heavy atom. The highest BCUT2D eigenvalue weighted by molar-refractivity contribution is 6.37. The van der Waals surface area contributed by atoms with Gasteiger partial charge in [-0.15, -0.1) is 0 Å². The van der Waals surface area contributed by atoms with Crippen molar-refractivity contribution in [2.24, 2.45) is 0 Å². The van der Waals surface area contributed by atoms with Gasteiger partial charge in [0.2, 0.25) is 5.91 Å². The molecule has 1 unspecified atom stereocenters. The predicted molar refractivity (Wildman–Crippen MR) is 98.7 cm³/mol. The summed E-state index contributed by atoms with van der Waals surface area (Å²) in [5.41, 5.74) is 1.17. The molecule has 1 aromatic carbocycles. The van der Waals surface area contributed by atoms with Crippen LogP contribution in [-0.4, -0.2) is 30.9 Å². The number of rotatable bonds is 2. The zero-order valence-electron chi connectivity index (χ0n) is 30.0. The van der Waals surface area contributed by atoms with Crippen LogP contribution in [0.1, 0.15) is 53.0 Å². The molecule has 124 valence electrons. The van der Waals surface area contributed by atoms with Crippen LogP contribution in [0.25, 0.3) is 0 Å². The normalized spacial score (nSPS) is 20.2. The number of nitrogens with zero attached hydrogens (tertiary/aromatic N) is 1. The van der Waals surface area contributed by atoms with Crippen LogP contribution < -0.4 is 5.31 Å². The van der Waals surface area contributed by atoms with Crippen molar-refractivity contribution in [1.82, 2.24) is 10.2 Å². The Balaban J connectivity index is -0.000000118. The summed E-state index contributed by atoms with van der Waals surface area (Å²) < 4.78 is 101. The first kappa shape index (κ1) is 6.67. The Morgan fingerprint density at radius 3 is 2.85 bits per heavy atom. The van der Waals surface area contributed by atoms with Crippen LogP contribution in [0.5, 0.6) is 0 Å². The third kappa shape index (κ3) is 3.07. The van der Waals surface area contributed by atoms with Gasteiger partial charge in [-0.2, -0.15) is 0 Å². The Morgan fingerprint density at radius 2 is 2.35 bits per heavy atom. The predicted octanol–water partition coefficient (Wildman–Crippen LogP) is 5.05. The Kier molecular flexibility index (Phi) is 2.15. The third-order valence-corrected chi connectivity index (χ3v) is 3.88. The zero-order chi connectivity index (χ0) is 33.0. The van der Waals surface area contributed by atoms with E-state index < -0.39 is 11.8 Å². The first-order valence-corrected chi connectivity index (χ1v) is 6.63. The lowest BCUT2D eigenvalue weighted by Crippen LogP contribution is -2.42. The van der Waals surface area contributed by atoms with Crippen LogP contribution in [0.4, 0.5) is 0 Å². The van der Waals surface area contributed by atoms with Crippen LogP contribution in [0.3, 0.4) is 0 Å². The number of carbonyl (C=O) groups is 1. The van der Waals surface area contributed by atoms with Crippen LogP contribution in [0.15, 0.2) is 6.04 Å². The lowest BCUT2D eigenvalue weighted by Gasteiger charge is -2.23. The summed E-state index contributed by atoms with van der Waals surface area (Å²) in [6.07, 6.45) is 0. The SMILES string of the molecule is [2H]N=C(N([2H])C)N(C)C(=O)C([2H])(C)c1c(Cl)c([2H])c(C)c(C)c1Cl.[2H][2H].[2H][2H].[2H][2H].[2H][2H].[2H][2H].[2H][2H].[2H][2H]. The number of likely N-dealkylation sites (N-methyl/N-ethyl adjacent to an activating group) is 1. The van der Waals surface area contributed by atoms with E-state index in [1.165, 1.54) is 21.0 Å². The van der Waals surface area contributed by atoms with Crippen LogP contribution in [0, 0.1) is 19.2 Å². The first-order chi connectivity index (χ1) is 17.9.